The van der Waals surface area contributed by atoms with Gasteiger partial charge in [0, 0.05) is 25.2 Å². The Morgan fingerprint density at radius 2 is 2.11 bits per heavy atom. The van der Waals surface area contributed by atoms with Crippen LogP contribution in [0.15, 0.2) is 0 Å². The molecule has 0 bridgehead atoms. The zero-order valence-corrected chi connectivity index (χ0v) is 12.2. The lowest BCUT2D eigenvalue weighted by Crippen LogP contribution is -2.45. The van der Waals surface area contributed by atoms with Gasteiger partial charge in [-0.25, -0.2) is 0 Å². The van der Waals surface area contributed by atoms with Crippen molar-refractivity contribution in [3.8, 4) is 0 Å². The van der Waals surface area contributed by atoms with Crippen LogP contribution in [0.1, 0.15) is 52.4 Å². The van der Waals surface area contributed by atoms with Crippen molar-refractivity contribution in [3.05, 3.63) is 0 Å². The van der Waals surface area contributed by atoms with E-state index in [1.807, 2.05) is 0 Å². The van der Waals surface area contributed by atoms with Gasteiger partial charge in [-0.05, 0) is 58.5 Å². The molecule has 1 aliphatic carbocycles. The second-order valence-corrected chi connectivity index (χ2v) is 5.83. The van der Waals surface area contributed by atoms with E-state index < -0.39 is 0 Å². The van der Waals surface area contributed by atoms with E-state index in [2.05, 4.69) is 24.1 Å². The Morgan fingerprint density at radius 1 is 1.22 bits per heavy atom. The van der Waals surface area contributed by atoms with Crippen LogP contribution in [0, 0.1) is 0 Å². The van der Waals surface area contributed by atoms with E-state index >= 15 is 0 Å². The molecule has 1 heterocycles. The molecular formula is C15H30N2O. The summed E-state index contributed by atoms with van der Waals surface area (Å²) in [6.45, 7) is 8.85. The van der Waals surface area contributed by atoms with Crippen molar-refractivity contribution in [2.24, 2.45) is 0 Å². The van der Waals surface area contributed by atoms with Crippen LogP contribution in [0.3, 0.4) is 0 Å². The van der Waals surface area contributed by atoms with E-state index in [-0.39, 0.29) is 0 Å². The van der Waals surface area contributed by atoms with E-state index in [1.54, 1.807) is 0 Å². The molecule has 18 heavy (non-hydrogen) atoms. The smallest absolute Gasteiger partial charge is 0.0702 e. The molecule has 0 radical (unpaired) electrons. The van der Waals surface area contributed by atoms with E-state index in [0.717, 1.165) is 18.7 Å². The average molecular weight is 254 g/mol. The van der Waals surface area contributed by atoms with Crippen molar-refractivity contribution in [1.29, 1.82) is 0 Å². The highest BCUT2D eigenvalue weighted by molar-refractivity contribution is 4.89. The summed E-state index contributed by atoms with van der Waals surface area (Å²) in [5, 5.41) is 3.68. The Kier molecular flexibility index (Phi) is 5.93. The molecule has 0 aromatic heterocycles. The van der Waals surface area contributed by atoms with Gasteiger partial charge in [0.25, 0.3) is 0 Å². The van der Waals surface area contributed by atoms with Crippen LogP contribution in [0.4, 0.5) is 0 Å². The van der Waals surface area contributed by atoms with E-state index in [9.17, 15) is 0 Å². The summed E-state index contributed by atoms with van der Waals surface area (Å²) >= 11 is 0. The number of ether oxygens (including phenoxy) is 1. The van der Waals surface area contributed by atoms with E-state index in [4.69, 9.17) is 4.74 Å². The number of piperidine rings is 1. The average Bonchev–Trinajstić information content (AvgIpc) is 2.86. The summed E-state index contributed by atoms with van der Waals surface area (Å²) < 4.78 is 5.81. The maximum atomic E-state index is 5.81. The Balaban J connectivity index is 1.74. The molecule has 0 aromatic carbocycles. The number of hydrogen-bond acceptors (Lipinski definition) is 3. The van der Waals surface area contributed by atoms with Crippen LogP contribution in [0.25, 0.3) is 0 Å². The summed E-state index contributed by atoms with van der Waals surface area (Å²) in [5.74, 6) is 0. The minimum atomic E-state index is 0.492. The summed E-state index contributed by atoms with van der Waals surface area (Å²) in [6.07, 6.45) is 8.39. The largest absolute Gasteiger partial charge is 0.377 e. The number of nitrogens with one attached hydrogen (secondary N) is 1. The van der Waals surface area contributed by atoms with Gasteiger partial charge in [0.2, 0.25) is 0 Å². The second-order valence-electron chi connectivity index (χ2n) is 5.83. The molecule has 106 valence electrons. The van der Waals surface area contributed by atoms with Gasteiger partial charge in [0.15, 0.2) is 0 Å². The fourth-order valence-corrected chi connectivity index (χ4v) is 3.49. The van der Waals surface area contributed by atoms with Gasteiger partial charge in [0.05, 0.1) is 6.10 Å². The Bertz CT molecular complexity index is 233. The third-order valence-electron chi connectivity index (χ3n) is 4.42. The van der Waals surface area contributed by atoms with Gasteiger partial charge >= 0.3 is 0 Å². The molecule has 2 aliphatic rings. The van der Waals surface area contributed by atoms with Crippen molar-refractivity contribution in [1.82, 2.24) is 10.2 Å². The first-order valence-electron chi connectivity index (χ1n) is 7.92. The van der Waals surface area contributed by atoms with Gasteiger partial charge in [-0.2, -0.15) is 0 Å². The lowest BCUT2D eigenvalue weighted by atomic mass is 10.0. The summed E-state index contributed by atoms with van der Waals surface area (Å²) in [5.41, 5.74) is 0. The van der Waals surface area contributed by atoms with Crippen LogP contribution in [-0.2, 0) is 4.74 Å². The molecule has 1 saturated carbocycles. The van der Waals surface area contributed by atoms with Crippen LogP contribution in [0.5, 0.6) is 0 Å². The second kappa shape index (κ2) is 7.46. The van der Waals surface area contributed by atoms with Crippen molar-refractivity contribution in [3.63, 3.8) is 0 Å². The highest BCUT2D eigenvalue weighted by Crippen LogP contribution is 2.27. The first-order chi connectivity index (χ1) is 8.83. The van der Waals surface area contributed by atoms with Crippen LogP contribution in [0.2, 0.25) is 0 Å². The number of rotatable bonds is 6. The lowest BCUT2D eigenvalue weighted by molar-refractivity contribution is -0.00671. The highest BCUT2D eigenvalue weighted by Gasteiger charge is 2.31. The van der Waals surface area contributed by atoms with Gasteiger partial charge in [-0.3, -0.25) is 4.90 Å². The Labute approximate surface area is 112 Å². The molecule has 1 aliphatic heterocycles. The molecule has 3 unspecified atom stereocenters. The molecule has 0 amide bonds. The molecule has 1 saturated heterocycles. The van der Waals surface area contributed by atoms with Crippen LogP contribution < -0.4 is 5.32 Å². The van der Waals surface area contributed by atoms with Gasteiger partial charge < -0.3 is 10.1 Å². The zero-order valence-electron chi connectivity index (χ0n) is 12.2. The Hall–Kier alpha value is -0.120. The third kappa shape index (κ3) is 3.94. The van der Waals surface area contributed by atoms with Crippen molar-refractivity contribution in [2.45, 2.75) is 70.6 Å². The molecule has 0 aromatic rings. The van der Waals surface area contributed by atoms with Crippen molar-refractivity contribution >= 4 is 0 Å². The standard InChI is InChI=1S/C15H30N2O/c1-3-9-16-13-7-8-14(11-13)17-10-5-6-15(12-17)18-4-2/h13-16H,3-12H2,1-2H3. The molecule has 0 spiro atoms. The third-order valence-corrected chi connectivity index (χ3v) is 4.42. The maximum absolute atomic E-state index is 5.81. The minimum Gasteiger partial charge on any atom is -0.377 e. The SMILES string of the molecule is CCCNC1CCC(N2CCCC(OCC)C2)C1. The minimum absolute atomic E-state index is 0.492. The molecule has 3 atom stereocenters. The number of likely N-dealkylation sites (tertiary alicyclic amines) is 1. The van der Waals surface area contributed by atoms with Crippen LogP contribution in [-0.4, -0.2) is 49.3 Å². The first-order valence-corrected chi connectivity index (χ1v) is 7.92. The fraction of sp³-hybridized carbons (Fsp3) is 1.00. The number of hydrogen-bond donors (Lipinski definition) is 1. The van der Waals surface area contributed by atoms with Crippen LogP contribution >= 0.6 is 0 Å². The van der Waals surface area contributed by atoms with Gasteiger partial charge in [-0.15, -0.1) is 0 Å². The monoisotopic (exact) mass is 254 g/mol. The molecule has 3 heteroatoms. The van der Waals surface area contributed by atoms with Crippen molar-refractivity contribution in [2.75, 3.05) is 26.2 Å². The van der Waals surface area contributed by atoms with Gasteiger partial charge in [-0.1, -0.05) is 6.92 Å². The first kappa shape index (κ1) is 14.3. The lowest BCUT2D eigenvalue weighted by Gasteiger charge is -2.36. The molecule has 2 rings (SSSR count). The summed E-state index contributed by atoms with van der Waals surface area (Å²) in [7, 11) is 0. The summed E-state index contributed by atoms with van der Waals surface area (Å²) in [4.78, 5) is 2.69. The predicted octanol–water partition coefficient (Wildman–Crippen LogP) is 2.41. The van der Waals surface area contributed by atoms with E-state index in [1.165, 1.54) is 58.2 Å². The molecule has 1 N–H and O–H groups in total. The molecule has 3 nitrogen and oxygen atoms in total. The highest BCUT2D eigenvalue weighted by atomic mass is 16.5. The quantitative estimate of drug-likeness (QED) is 0.788. The van der Waals surface area contributed by atoms with Crippen molar-refractivity contribution < 1.29 is 4.74 Å². The summed E-state index contributed by atoms with van der Waals surface area (Å²) in [6, 6.07) is 1.57. The predicted molar refractivity (Wildman–Crippen MR) is 75.9 cm³/mol. The normalized spacial score (nSPS) is 34.0. The molecular weight excluding hydrogens is 224 g/mol. The molecule has 2 fully saturated rings. The maximum Gasteiger partial charge on any atom is 0.0702 e. The Morgan fingerprint density at radius 3 is 2.89 bits per heavy atom. The fourth-order valence-electron chi connectivity index (χ4n) is 3.49. The number of nitrogens with zero attached hydrogens (tertiary/aromatic N) is 1. The topological polar surface area (TPSA) is 24.5 Å². The van der Waals surface area contributed by atoms with E-state index in [0.29, 0.717) is 6.10 Å². The zero-order chi connectivity index (χ0) is 12.8. The van der Waals surface area contributed by atoms with Gasteiger partial charge in [0.1, 0.15) is 0 Å².